The zero-order chi connectivity index (χ0) is 19.9. The van der Waals surface area contributed by atoms with Crippen LogP contribution in [0.25, 0.3) is 0 Å². The average Bonchev–Trinajstić information content (AvgIpc) is 3.11. The van der Waals surface area contributed by atoms with Crippen LogP contribution in [0.4, 0.5) is 29.5 Å². The van der Waals surface area contributed by atoms with Crippen molar-refractivity contribution in [2.24, 2.45) is 0 Å². The average molecular weight is 388 g/mol. The number of rotatable bonds is 2. The number of ether oxygens (including phenoxy) is 1. The minimum atomic E-state index is -4.58. The van der Waals surface area contributed by atoms with E-state index in [1.54, 1.807) is 15.9 Å². The molecule has 3 heterocycles. The number of alkyl halides is 3. The first-order valence-corrected chi connectivity index (χ1v) is 8.67. The van der Waals surface area contributed by atoms with Crippen LogP contribution in [0, 0.1) is 11.3 Å². The third-order valence-corrected chi connectivity index (χ3v) is 4.88. The summed E-state index contributed by atoms with van der Waals surface area (Å²) >= 11 is 0. The molecule has 28 heavy (non-hydrogen) atoms. The van der Waals surface area contributed by atoms with Gasteiger partial charge in [0.15, 0.2) is 0 Å². The lowest BCUT2D eigenvalue weighted by Crippen LogP contribution is -2.34. The summed E-state index contributed by atoms with van der Waals surface area (Å²) in [4.78, 5) is 18.9. The summed E-state index contributed by atoms with van der Waals surface area (Å²) < 4.78 is 44.2. The Kier molecular flexibility index (Phi) is 4.34. The molecule has 1 saturated heterocycles. The molecule has 4 rings (SSSR count). The summed E-state index contributed by atoms with van der Waals surface area (Å²) in [6.45, 7) is 1.48. The summed E-state index contributed by atoms with van der Waals surface area (Å²) in [7, 11) is 0. The highest BCUT2D eigenvalue weighted by Crippen LogP contribution is 2.35. The number of pyridine rings is 1. The number of cyclic esters (lactones) is 1. The van der Waals surface area contributed by atoms with Gasteiger partial charge in [0.1, 0.15) is 24.2 Å². The Hall–Kier alpha value is -3.28. The number of nitriles is 1. The molecule has 2 aliphatic rings. The second-order valence-electron chi connectivity index (χ2n) is 6.53. The SMILES string of the molecule is N#Cc1ccc(C(F)(F)F)nc1N1CCc2c(cccc2N2CCOC2=O)C1. The molecule has 0 aliphatic carbocycles. The number of hydrogen-bond acceptors (Lipinski definition) is 5. The first kappa shape index (κ1) is 18.1. The second-order valence-corrected chi connectivity index (χ2v) is 6.53. The fraction of sp³-hybridized carbons (Fsp3) is 0.316. The number of amides is 1. The van der Waals surface area contributed by atoms with Crippen molar-refractivity contribution in [3.63, 3.8) is 0 Å². The Bertz CT molecular complexity index is 984. The molecular weight excluding hydrogens is 373 g/mol. The Balaban J connectivity index is 1.69. The first-order chi connectivity index (χ1) is 13.4. The molecule has 0 unspecified atom stereocenters. The lowest BCUT2D eigenvalue weighted by atomic mass is 9.97. The van der Waals surface area contributed by atoms with Gasteiger partial charge in [-0.2, -0.15) is 18.4 Å². The Morgan fingerprint density at radius 1 is 1.18 bits per heavy atom. The number of benzene rings is 1. The van der Waals surface area contributed by atoms with Crippen molar-refractivity contribution in [3.05, 3.63) is 52.7 Å². The standard InChI is InChI=1S/C19H15F3N4O2/c20-19(21,22)16-5-4-12(10-23)17(24-16)25-7-6-14-13(11-25)2-1-3-15(14)26-8-9-28-18(26)27/h1-5H,6-9,11H2. The minimum Gasteiger partial charge on any atom is -0.447 e. The van der Waals surface area contributed by atoms with Crippen LogP contribution in [0.5, 0.6) is 0 Å². The lowest BCUT2D eigenvalue weighted by Gasteiger charge is -2.32. The van der Waals surface area contributed by atoms with Crippen LogP contribution in [0.3, 0.4) is 0 Å². The molecule has 1 aromatic heterocycles. The van der Waals surface area contributed by atoms with Gasteiger partial charge >= 0.3 is 12.3 Å². The molecule has 2 aliphatic heterocycles. The number of halogens is 3. The number of nitrogens with zero attached hydrogens (tertiary/aromatic N) is 4. The highest BCUT2D eigenvalue weighted by Gasteiger charge is 2.34. The van der Waals surface area contributed by atoms with E-state index in [0.717, 1.165) is 28.9 Å². The van der Waals surface area contributed by atoms with Gasteiger partial charge in [-0.05, 0) is 35.7 Å². The number of carbonyl (C=O) groups is 1. The van der Waals surface area contributed by atoms with E-state index in [0.29, 0.717) is 32.7 Å². The third kappa shape index (κ3) is 3.11. The zero-order valence-electron chi connectivity index (χ0n) is 14.7. The van der Waals surface area contributed by atoms with Gasteiger partial charge < -0.3 is 9.64 Å². The molecule has 0 spiro atoms. The number of anilines is 2. The maximum atomic E-state index is 13.1. The fourth-order valence-electron chi connectivity index (χ4n) is 3.57. The molecule has 0 saturated carbocycles. The van der Waals surface area contributed by atoms with Crippen LogP contribution >= 0.6 is 0 Å². The molecule has 1 amide bonds. The third-order valence-electron chi connectivity index (χ3n) is 4.88. The van der Waals surface area contributed by atoms with Gasteiger partial charge in [-0.15, -0.1) is 0 Å². The maximum absolute atomic E-state index is 13.1. The highest BCUT2D eigenvalue weighted by molar-refractivity contribution is 5.90. The van der Waals surface area contributed by atoms with Crippen molar-refractivity contribution < 1.29 is 22.7 Å². The van der Waals surface area contributed by atoms with E-state index in [9.17, 15) is 23.2 Å². The van der Waals surface area contributed by atoms with Crippen LogP contribution in [0.1, 0.15) is 22.4 Å². The van der Waals surface area contributed by atoms with E-state index < -0.39 is 18.0 Å². The molecule has 0 bridgehead atoms. The van der Waals surface area contributed by atoms with Gasteiger partial charge in [-0.1, -0.05) is 12.1 Å². The van der Waals surface area contributed by atoms with E-state index in [1.807, 2.05) is 18.2 Å². The van der Waals surface area contributed by atoms with E-state index in [2.05, 4.69) is 4.98 Å². The van der Waals surface area contributed by atoms with Crippen molar-refractivity contribution in [2.45, 2.75) is 19.1 Å². The predicted octanol–water partition coefficient (Wildman–Crippen LogP) is 3.49. The van der Waals surface area contributed by atoms with Gasteiger partial charge in [0.05, 0.1) is 17.8 Å². The lowest BCUT2D eigenvalue weighted by molar-refractivity contribution is -0.141. The molecule has 1 aromatic carbocycles. The molecule has 0 radical (unpaired) electrons. The van der Waals surface area contributed by atoms with Gasteiger partial charge in [0.2, 0.25) is 0 Å². The largest absolute Gasteiger partial charge is 0.447 e. The molecule has 0 N–H and O–H groups in total. The minimum absolute atomic E-state index is 0.0222. The van der Waals surface area contributed by atoms with Crippen LogP contribution in [0.15, 0.2) is 30.3 Å². The van der Waals surface area contributed by atoms with Gasteiger partial charge in [0, 0.05) is 13.1 Å². The van der Waals surface area contributed by atoms with Gasteiger partial charge in [-0.25, -0.2) is 9.78 Å². The number of hydrogen-bond donors (Lipinski definition) is 0. The van der Waals surface area contributed by atoms with Crippen molar-refractivity contribution in [1.29, 1.82) is 5.26 Å². The number of aromatic nitrogens is 1. The summed E-state index contributed by atoms with van der Waals surface area (Å²) in [6.07, 6.45) is -4.47. The van der Waals surface area contributed by atoms with Crippen molar-refractivity contribution in [2.75, 3.05) is 29.5 Å². The second kappa shape index (κ2) is 6.71. The van der Waals surface area contributed by atoms with Crippen molar-refractivity contribution >= 4 is 17.6 Å². The highest BCUT2D eigenvalue weighted by atomic mass is 19.4. The van der Waals surface area contributed by atoms with Crippen molar-refractivity contribution in [1.82, 2.24) is 4.98 Å². The maximum Gasteiger partial charge on any atom is 0.433 e. The van der Waals surface area contributed by atoms with Gasteiger partial charge in [0.25, 0.3) is 0 Å². The van der Waals surface area contributed by atoms with Crippen LogP contribution in [0.2, 0.25) is 0 Å². The summed E-state index contributed by atoms with van der Waals surface area (Å²) in [5.41, 5.74) is 1.67. The summed E-state index contributed by atoms with van der Waals surface area (Å²) in [6, 6.07) is 9.39. The normalized spacial score (nSPS) is 16.6. The number of fused-ring (bicyclic) bond motifs is 1. The van der Waals surface area contributed by atoms with E-state index in [-0.39, 0.29) is 11.4 Å². The smallest absolute Gasteiger partial charge is 0.433 e. The topological polar surface area (TPSA) is 69.5 Å². The zero-order valence-corrected chi connectivity index (χ0v) is 14.7. The van der Waals surface area contributed by atoms with Gasteiger partial charge in [-0.3, -0.25) is 4.90 Å². The Labute approximate surface area is 158 Å². The Morgan fingerprint density at radius 3 is 2.68 bits per heavy atom. The number of carbonyl (C=O) groups excluding carboxylic acids is 1. The Morgan fingerprint density at radius 2 is 2.00 bits per heavy atom. The van der Waals surface area contributed by atoms with Crippen LogP contribution < -0.4 is 9.80 Å². The molecule has 2 aromatic rings. The molecule has 9 heteroatoms. The molecule has 0 atom stereocenters. The van der Waals surface area contributed by atoms with E-state index in [4.69, 9.17) is 4.74 Å². The van der Waals surface area contributed by atoms with E-state index >= 15 is 0 Å². The predicted molar refractivity (Wildman–Crippen MR) is 93.8 cm³/mol. The van der Waals surface area contributed by atoms with Crippen molar-refractivity contribution in [3.8, 4) is 6.07 Å². The first-order valence-electron chi connectivity index (χ1n) is 8.67. The summed E-state index contributed by atoms with van der Waals surface area (Å²) in [5.74, 6) is 0.0222. The monoisotopic (exact) mass is 388 g/mol. The molecule has 6 nitrogen and oxygen atoms in total. The van der Waals surface area contributed by atoms with Crippen LogP contribution in [-0.2, 0) is 23.9 Å². The molecular formula is C19H15F3N4O2. The summed E-state index contributed by atoms with van der Waals surface area (Å²) in [5, 5.41) is 9.30. The molecule has 1 fully saturated rings. The molecule has 144 valence electrons. The van der Waals surface area contributed by atoms with Crippen LogP contribution in [-0.4, -0.2) is 30.8 Å². The van der Waals surface area contributed by atoms with E-state index in [1.165, 1.54) is 0 Å². The fourth-order valence-corrected chi connectivity index (χ4v) is 3.57. The quantitative estimate of drug-likeness (QED) is 0.788.